The van der Waals surface area contributed by atoms with Crippen molar-refractivity contribution >= 4 is 0 Å². The fraction of sp³-hybridized carbons (Fsp3) is 0.368. The molecule has 3 heterocycles. The highest BCUT2D eigenvalue weighted by atomic mass is 19.1. The molecule has 0 radical (unpaired) electrons. The highest BCUT2D eigenvalue weighted by molar-refractivity contribution is 5.38. The van der Waals surface area contributed by atoms with E-state index < -0.39 is 0 Å². The van der Waals surface area contributed by atoms with Gasteiger partial charge in [0.1, 0.15) is 34.7 Å². The molecular weight excluding hydrogens is 874 g/mol. The van der Waals surface area contributed by atoms with Gasteiger partial charge in [0.05, 0.1) is 21.3 Å². The lowest BCUT2D eigenvalue weighted by atomic mass is 9.95. The van der Waals surface area contributed by atoms with Gasteiger partial charge < -0.3 is 30.2 Å². The van der Waals surface area contributed by atoms with E-state index >= 15 is 0 Å². The second-order valence-electron chi connectivity index (χ2n) is 17.6. The van der Waals surface area contributed by atoms with Gasteiger partial charge in [-0.05, 0) is 95.6 Å². The zero-order valence-electron chi connectivity index (χ0n) is 40.4. The fourth-order valence-electron chi connectivity index (χ4n) is 9.72. The van der Waals surface area contributed by atoms with Crippen molar-refractivity contribution in [1.82, 2.24) is 30.7 Å². The Hall–Kier alpha value is -5.73. The molecule has 9 nitrogen and oxygen atoms in total. The molecule has 3 aliphatic heterocycles. The van der Waals surface area contributed by atoms with Gasteiger partial charge in [-0.15, -0.1) is 0 Å². The third-order valence-corrected chi connectivity index (χ3v) is 13.3. The number of benzene rings is 6. The Morgan fingerprint density at radius 1 is 0.406 bits per heavy atom. The summed E-state index contributed by atoms with van der Waals surface area (Å²) in [5, 5.41) is 10.1. The van der Waals surface area contributed by atoms with Crippen LogP contribution in [0.25, 0.3) is 0 Å². The number of para-hydroxylation sites is 3. The smallest absolute Gasteiger partial charge is 0.127 e. The van der Waals surface area contributed by atoms with Crippen LogP contribution in [-0.4, -0.2) is 115 Å². The summed E-state index contributed by atoms with van der Waals surface area (Å²) in [6.45, 7) is 11.6. The number of methoxy groups -OCH3 is 3. The van der Waals surface area contributed by atoms with Crippen molar-refractivity contribution in [3.05, 3.63) is 196 Å². The highest BCUT2D eigenvalue weighted by Crippen LogP contribution is 2.33. The van der Waals surface area contributed by atoms with Gasteiger partial charge >= 0.3 is 0 Å². The quantitative estimate of drug-likeness (QED) is 0.0936. The van der Waals surface area contributed by atoms with E-state index in [0.29, 0.717) is 0 Å². The number of piperazine rings is 3. The average molecular weight is 943 g/mol. The molecule has 12 heteroatoms. The number of hydrogen-bond acceptors (Lipinski definition) is 9. The summed E-state index contributed by atoms with van der Waals surface area (Å²) in [6, 6.07) is 45.6. The van der Waals surface area contributed by atoms with E-state index in [9.17, 15) is 13.2 Å². The molecule has 9 rings (SSSR count). The van der Waals surface area contributed by atoms with Crippen LogP contribution < -0.4 is 30.2 Å². The van der Waals surface area contributed by atoms with E-state index in [1.165, 1.54) is 11.6 Å². The summed E-state index contributed by atoms with van der Waals surface area (Å²) < 4.78 is 57.9. The molecule has 0 aromatic heterocycles. The SMILES string of the molecule is COc1ccccc1CC(c1ccc(F)cc1)N1CCNCC1.COc1ccccc1CC(c1cccc(F)c1)N1CCNCC1.COc1ccccc1CC(c1ccccc1F)N1CCNCC1. The van der Waals surface area contributed by atoms with Crippen molar-refractivity contribution in [3.63, 3.8) is 0 Å². The molecule has 3 saturated heterocycles. The van der Waals surface area contributed by atoms with Crippen LogP contribution in [0, 0.1) is 17.5 Å². The number of hydrogen-bond donors (Lipinski definition) is 3. The van der Waals surface area contributed by atoms with Crippen molar-refractivity contribution in [2.45, 2.75) is 37.4 Å². The van der Waals surface area contributed by atoms with Gasteiger partial charge in [-0.2, -0.15) is 0 Å². The summed E-state index contributed by atoms with van der Waals surface area (Å²) in [4.78, 5) is 7.26. The summed E-state index contributed by atoms with van der Waals surface area (Å²) >= 11 is 0. The number of nitrogens with zero attached hydrogens (tertiary/aromatic N) is 3. The molecule has 366 valence electrons. The average Bonchev–Trinajstić information content (AvgIpc) is 3.41. The first-order valence-electron chi connectivity index (χ1n) is 24.3. The monoisotopic (exact) mass is 943 g/mol. The number of nitrogens with one attached hydrogen (secondary N) is 3. The molecule has 0 bridgehead atoms. The van der Waals surface area contributed by atoms with E-state index in [-0.39, 0.29) is 35.6 Å². The molecule has 3 aliphatic rings. The van der Waals surface area contributed by atoms with Crippen LogP contribution >= 0.6 is 0 Å². The van der Waals surface area contributed by atoms with Crippen molar-refractivity contribution < 1.29 is 27.4 Å². The summed E-state index contributed by atoms with van der Waals surface area (Å²) in [7, 11) is 5.08. The maximum atomic E-state index is 14.4. The Morgan fingerprint density at radius 2 is 0.797 bits per heavy atom. The predicted molar refractivity (Wildman–Crippen MR) is 271 cm³/mol. The standard InChI is InChI=1S/3C19H23FN2O/c1-23-19-9-5-2-6-15(19)14-18(22-12-10-21-11-13-22)16-7-3-4-8-17(16)20;1-23-19-8-3-2-5-16(19)14-18(22-11-9-21-10-12-22)15-6-4-7-17(20)13-15;1-23-19-5-3-2-4-16(19)14-18(22-12-10-21-11-13-22)15-6-8-17(20)9-7-15/h2-9,18,21H,10-14H2,1H3;2-8,13,18,21H,9-12,14H2,1H3;2-9,18,21H,10-14H2,1H3. The van der Waals surface area contributed by atoms with Crippen molar-refractivity contribution in [1.29, 1.82) is 0 Å². The van der Waals surface area contributed by atoms with Gasteiger partial charge in [0, 0.05) is 102 Å². The Balaban J connectivity index is 0.000000153. The van der Waals surface area contributed by atoms with Gasteiger partial charge in [0.25, 0.3) is 0 Å². The Morgan fingerprint density at radius 3 is 1.23 bits per heavy atom. The zero-order valence-corrected chi connectivity index (χ0v) is 40.4. The molecule has 69 heavy (non-hydrogen) atoms. The Kier molecular flexibility index (Phi) is 19.9. The van der Waals surface area contributed by atoms with E-state index in [4.69, 9.17) is 14.2 Å². The first-order chi connectivity index (χ1) is 33.8. The predicted octanol–water partition coefficient (Wildman–Crippen LogP) is 9.07. The molecule has 3 unspecified atom stereocenters. The van der Waals surface area contributed by atoms with E-state index in [2.05, 4.69) is 48.8 Å². The van der Waals surface area contributed by atoms with Crippen LogP contribution in [-0.2, 0) is 19.3 Å². The highest BCUT2D eigenvalue weighted by Gasteiger charge is 2.27. The zero-order chi connectivity index (χ0) is 48.2. The third kappa shape index (κ3) is 14.6. The summed E-state index contributed by atoms with van der Waals surface area (Å²) in [6.07, 6.45) is 2.41. The largest absolute Gasteiger partial charge is 0.496 e. The first kappa shape index (κ1) is 51.1. The van der Waals surface area contributed by atoms with Crippen LogP contribution in [0.4, 0.5) is 13.2 Å². The van der Waals surface area contributed by atoms with Crippen molar-refractivity contribution in [2.75, 3.05) is 99.9 Å². The van der Waals surface area contributed by atoms with Crippen LogP contribution in [0.1, 0.15) is 51.5 Å². The second kappa shape index (κ2) is 26.9. The molecule has 0 saturated carbocycles. The summed E-state index contributed by atoms with van der Waals surface area (Å²) in [5.41, 5.74) is 6.39. The molecule has 0 amide bonds. The van der Waals surface area contributed by atoms with Crippen molar-refractivity contribution in [2.24, 2.45) is 0 Å². The van der Waals surface area contributed by atoms with E-state index in [1.54, 1.807) is 57.7 Å². The summed E-state index contributed by atoms with van der Waals surface area (Å²) in [5.74, 6) is 2.17. The Labute approximate surface area is 407 Å². The van der Waals surface area contributed by atoms with E-state index in [1.807, 2.05) is 84.9 Å². The lowest BCUT2D eigenvalue weighted by molar-refractivity contribution is 0.168. The van der Waals surface area contributed by atoms with Crippen LogP contribution in [0.3, 0.4) is 0 Å². The van der Waals surface area contributed by atoms with Gasteiger partial charge in [-0.3, -0.25) is 14.7 Å². The minimum Gasteiger partial charge on any atom is -0.496 e. The third-order valence-electron chi connectivity index (χ3n) is 13.3. The van der Waals surface area contributed by atoms with E-state index in [0.717, 1.165) is 143 Å². The van der Waals surface area contributed by atoms with Gasteiger partial charge in [-0.1, -0.05) is 97.1 Å². The lowest BCUT2D eigenvalue weighted by Gasteiger charge is -2.35. The van der Waals surface area contributed by atoms with Gasteiger partial charge in [0.15, 0.2) is 0 Å². The minimum absolute atomic E-state index is 0.0228. The molecule has 3 N–H and O–H groups in total. The molecule has 6 aromatic rings. The molecule has 3 fully saturated rings. The lowest BCUT2D eigenvalue weighted by Crippen LogP contribution is -2.45. The number of ether oxygens (including phenoxy) is 3. The fourth-order valence-corrected chi connectivity index (χ4v) is 9.72. The second-order valence-corrected chi connectivity index (χ2v) is 17.6. The van der Waals surface area contributed by atoms with Crippen LogP contribution in [0.2, 0.25) is 0 Å². The molecule has 0 spiro atoms. The first-order valence-corrected chi connectivity index (χ1v) is 24.3. The van der Waals surface area contributed by atoms with Crippen LogP contribution in [0.5, 0.6) is 17.2 Å². The molecule has 3 atom stereocenters. The number of halogens is 3. The van der Waals surface area contributed by atoms with Crippen LogP contribution in [0.15, 0.2) is 146 Å². The van der Waals surface area contributed by atoms with Gasteiger partial charge in [0.2, 0.25) is 0 Å². The Bertz CT molecular complexity index is 2440. The topological polar surface area (TPSA) is 73.5 Å². The molecule has 0 aliphatic carbocycles. The normalized spacial score (nSPS) is 17.0. The maximum absolute atomic E-state index is 14.4. The number of rotatable bonds is 15. The molecular formula is C57H69F3N6O3. The maximum Gasteiger partial charge on any atom is 0.127 e. The molecule has 6 aromatic carbocycles. The van der Waals surface area contributed by atoms with Gasteiger partial charge in [-0.25, -0.2) is 13.2 Å². The minimum atomic E-state index is -0.190. The van der Waals surface area contributed by atoms with Crippen molar-refractivity contribution in [3.8, 4) is 17.2 Å².